The number of ether oxygens (including phenoxy) is 1. The number of carboxylic acids is 1. The average molecular weight is 301 g/mol. The Hall–Kier alpha value is -1.03. The Morgan fingerprint density at radius 1 is 1.47 bits per heavy atom. The van der Waals surface area contributed by atoms with Gasteiger partial charge in [0, 0.05) is 5.41 Å². The summed E-state index contributed by atoms with van der Waals surface area (Å²) in [6.07, 6.45) is 0.102. The lowest BCUT2D eigenvalue weighted by Crippen LogP contribution is -2.21. The van der Waals surface area contributed by atoms with E-state index in [1.807, 2.05) is 32.9 Å². The zero-order valence-corrected chi connectivity index (χ0v) is 12.1. The number of aryl methyl sites for hydroxylation is 1. The molecule has 0 aliphatic rings. The van der Waals surface area contributed by atoms with Gasteiger partial charge >= 0.3 is 5.97 Å². The van der Waals surface area contributed by atoms with Crippen molar-refractivity contribution in [2.24, 2.45) is 0 Å². The topological polar surface area (TPSA) is 46.5 Å². The first-order valence-electron chi connectivity index (χ1n) is 5.34. The van der Waals surface area contributed by atoms with Crippen molar-refractivity contribution >= 4 is 21.9 Å². The van der Waals surface area contributed by atoms with E-state index in [0.717, 1.165) is 21.3 Å². The SMILES string of the molecule is COc1c(C)cc(C(C)(C)CC(=O)O)cc1Br. The molecule has 17 heavy (non-hydrogen) atoms. The fourth-order valence-electron chi connectivity index (χ4n) is 1.86. The zero-order valence-electron chi connectivity index (χ0n) is 10.5. The van der Waals surface area contributed by atoms with Crippen LogP contribution in [0.1, 0.15) is 31.4 Å². The second-order valence-corrected chi connectivity index (χ2v) is 5.62. The van der Waals surface area contributed by atoms with E-state index < -0.39 is 11.4 Å². The van der Waals surface area contributed by atoms with Crippen molar-refractivity contribution in [1.29, 1.82) is 0 Å². The van der Waals surface area contributed by atoms with Crippen LogP contribution in [-0.2, 0) is 10.2 Å². The summed E-state index contributed by atoms with van der Waals surface area (Å²) in [5, 5.41) is 8.91. The summed E-state index contributed by atoms with van der Waals surface area (Å²) < 4.78 is 6.12. The summed E-state index contributed by atoms with van der Waals surface area (Å²) in [4.78, 5) is 10.8. The van der Waals surface area contributed by atoms with E-state index in [0.29, 0.717) is 0 Å². The molecular formula is C13H17BrO3. The molecule has 0 spiro atoms. The van der Waals surface area contributed by atoms with Crippen LogP contribution in [-0.4, -0.2) is 18.2 Å². The van der Waals surface area contributed by atoms with E-state index in [1.54, 1.807) is 7.11 Å². The Morgan fingerprint density at radius 3 is 2.47 bits per heavy atom. The second-order valence-electron chi connectivity index (χ2n) is 4.76. The molecular weight excluding hydrogens is 284 g/mol. The van der Waals surface area contributed by atoms with Crippen molar-refractivity contribution in [2.75, 3.05) is 7.11 Å². The van der Waals surface area contributed by atoms with Gasteiger partial charge in [-0.15, -0.1) is 0 Å². The number of carboxylic acid groups (broad SMARTS) is 1. The van der Waals surface area contributed by atoms with Crippen LogP contribution in [0.5, 0.6) is 5.75 Å². The first-order chi connectivity index (χ1) is 7.77. The van der Waals surface area contributed by atoms with Crippen molar-refractivity contribution in [1.82, 2.24) is 0 Å². The fourth-order valence-corrected chi connectivity index (χ4v) is 2.58. The molecule has 1 aromatic carbocycles. The Bertz CT molecular complexity index is 415. The normalized spacial score (nSPS) is 11.4. The maximum Gasteiger partial charge on any atom is 0.304 e. The lowest BCUT2D eigenvalue weighted by molar-refractivity contribution is -0.138. The summed E-state index contributed by atoms with van der Waals surface area (Å²) in [5.74, 6) is -0.000492. The molecule has 1 rings (SSSR count). The van der Waals surface area contributed by atoms with Crippen molar-refractivity contribution in [3.8, 4) is 5.75 Å². The molecule has 0 fully saturated rings. The lowest BCUT2D eigenvalue weighted by Gasteiger charge is -2.24. The number of rotatable bonds is 4. The molecule has 1 aromatic rings. The van der Waals surface area contributed by atoms with Crippen molar-refractivity contribution in [2.45, 2.75) is 32.6 Å². The van der Waals surface area contributed by atoms with Crippen LogP contribution in [0, 0.1) is 6.92 Å². The Balaban J connectivity index is 3.20. The quantitative estimate of drug-likeness (QED) is 0.925. The molecule has 0 saturated heterocycles. The van der Waals surface area contributed by atoms with E-state index in [9.17, 15) is 4.79 Å². The predicted molar refractivity (Wildman–Crippen MR) is 70.7 cm³/mol. The van der Waals surface area contributed by atoms with Gasteiger partial charge in [-0.2, -0.15) is 0 Å². The molecule has 0 heterocycles. The molecule has 0 aromatic heterocycles. The molecule has 0 aliphatic carbocycles. The van der Waals surface area contributed by atoms with Crippen LogP contribution < -0.4 is 4.74 Å². The van der Waals surface area contributed by atoms with Gasteiger partial charge in [-0.3, -0.25) is 4.79 Å². The summed E-state index contributed by atoms with van der Waals surface area (Å²) >= 11 is 3.44. The monoisotopic (exact) mass is 300 g/mol. The zero-order chi connectivity index (χ0) is 13.2. The Labute approximate surface area is 110 Å². The summed E-state index contributed by atoms with van der Waals surface area (Å²) in [7, 11) is 1.62. The van der Waals surface area contributed by atoms with Gasteiger partial charge in [0.05, 0.1) is 18.0 Å². The molecule has 0 amide bonds. The highest BCUT2D eigenvalue weighted by atomic mass is 79.9. The molecule has 0 atom stereocenters. The number of benzene rings is 1. The smallest absolute Gasteiger partial charge is 0.304 e. The molecule has 0 radical (unpaired) electrons. The molecule has 0 unspecified atom stereocenters. The summed E-state index contributed by atoms with van der Waals surface area (Å²) in [5.41, 5.74) is 1.59. The molecule has 0 saturated carbocycles. The van der Waals surface area contributed by atoms with Crippen LogP contribution >= 0.6 is 15.9 Å². The minimum absolute atomic E-state index is 0.102. The Kier molecular flexibility index (Phi) is 4.20. The van der Waals surface area contributed by atoms with Crippen LogP contribution in [0.15, 0.2) is 16.6 Å². The highest BCUT2D eigenvalue weighted by Gasteiger charge is 2.25. The van der Waals surface area contributed by atoms with Crippen LogP contribution in [0.2, 0.25) is 0 Å². The van der Waals surface area contributed by atoms with E-state index in [1.165, 1.54) is 0 Å². The van der Waals surface area contributed by atoms with Crippen LogP contribution in [0.25, 0.3) is 0 Å². The molecule has 1 N–H and O–H groups in total. The fraction of sp³-hybridized carbons (Fsp3) is 0.462. The van der Waals surface area contributed by atoms with E-state index in [4.69, 9.17) is 9.84 Å². The number of halogens is 1. The predicted octanol–water partition coefficient (Wildman–Crippen LogP) is 3.52. The number of hydrogen-bond donors (Lipinski definition) is 1. The van der Waals surface area contributed by atoms with E-state index >= 15 is 0 Å². The van der Waals surface area contributed by atoms with E-state index in [2.05, 4.69) is 15.9 Å². The molecule has 0 aliphatic heterocycles. The second kappa shape index (κ2) is 5.08. The lowest BCUT2D eigenvalue weighted by atomic mass is 9.81. The molecule has 3 nitrogen and oxygen atoms in total. The van der Waals surface area contributed by atoms with Gasteiger partial charge in [-0.05, 0) is 40.0 Å². The number of carbonyl (C=O) groups is 1. The third kappa shape index (κ3) is 3.22. The first kappa shape index (κ1) is 14.0. The van der Waals surface area contributed by atoms with Crippen molar-refractivity contribution in [3.63, 3.8) is 0 Å². The minimum Gasteiger partial charge on any atom is -0.495 e. The maximum atomic E-state index is 10.8. The van der Waals surface area contributed by atoms with E-state index in [-0.39, 0.29) is 6.42 Å². The van der Waals surface area contributed by atoms with Crippen molar-refractivity contribution < 1.29 is 14.6 Å². The van der Waals surface area contributed by atoms with Gasteiger partial charge in [-0.1, -0.05) is 19.9 Å². The standard InChI is InChI=1S/C13H17BrO3/c1-8-5-9(6-10(14)12(8)17-4)13(2,3)7-11(15)16/h5-6H,7H2,1-4H3,(H,15,16). The van der Waals surface area contributed by atoms with Gasteiger partial charge in [0.1, 0.15) is 5.75 Å². The first-order valence-corrected chi connectivity index (χ1v) is 6.13. The van der Waals surface area contributed by atoms with Crippen LogP contribution in [0.3, 0.4) is 0 Å². The van der Waals surface area contributed by atoms with Crippen LogP contribution in [0.4, 0.5) is 0 Å². The third-order valence-electron chi connectivity index (χ3n) is 2.81. The number of methoxy groups -OCH3 is 1. The molecule has 0 bridgehead atoms. The summed E-state index contributed by atoms with van der Waals surface area (Å²) in [6.45, 7) is 5.80. The Morgan fingerprint density at radius 2 is 2.06 bits per heavy atom. The number of hydrogen-bond acceptors (Lipinski definition) is 2. The molecule has 94 valence electrons. The average Bonchev–Trinajstić information content (AvgIpc) is 2.14. The summed E-state index contributed by atoms with van der Waals surface area (Å²) in [6, 6.07) is 3.90. The maximum absolute atomic E-state index is 10.8. The highest BCUT2D eigenvalue weighted by molar-refractivity contribution is 9.10. The minimum atomic E-state index is -0.792. The van der Waals surface area contributed by atoms with Gasteiger partial charge in [0.25, 0.3) is 0 Å². The van der Waals surface area contributed by atoms with Gasteiger partial charge in [0.15, 0.2) is 0 Å². The van der Waals surface area contributed by atoms with Gasteiger partial charge in [-0.25, -0.2) is 0 Å². The third-order valence-corrected chi connectivity index (χ3v) is 3.40. The molecule has 4 heteroatoms. The largest absolute Gasteiger partial charge is 0.495 e. The highest BCUT2D eigenvalue weighted by Crippen LogP contribution is 2.36. The van der Waals surface area contributed by atoms with Gasteiger partial charge in [0.2, 0.25) is 0 Å². The van der Waals surface area contributed by atoms with Gasteiger partial charge < -0.3 is 9.84 Å². The number of aliphatic carboxylic acids is 1. The van der Waals surface area contributed by atoms with Crippen molar-refractivity contribution in [3.05, 3.63) is 27.7 Å².